The molecule has 0 aliphatic carbocycles. The summed E-state index contributed by atoms with van der Waals surface area (Å²) in [6, 6.07) is 1.76. The molecule has 0 saturated carbocycles. The predicted octanol–water partition coefficient (Wildman–Crippen LogP) is 2.96. The molecule has 1 aliphatic rings. The summed E-state index contributed by atoms with van der Waals surface area (Å²) in [5, 5.41) is 3.17. The van der Waals surface area contributed by atoms with Gasteiger partial charge in [0.25, 0.3) is 0 Å². The molecule has 19 heavy (non-hydrogen) atoms. The third kappa shape index (κ3) is 3.44. The molecule has 0 spiro atoms. The molecule has 0 amide bonds. The van der Waals surface area contributed by atoms with Crippen molar-refractivity contribution in [3.05, 3.63) is 23.6 Å². The molecular formula is C15H24FN3. The van der Waals surface area contributed by atoms with Crippen molar-refractivity contribution in [1.29, 1.82) is 0 Å². The minimum absolute atomic E-state index is 0.166. The van der Waals surface area contributed by atoms with Crippen LogP contribution in [0.15, 0.2) is 12.3 Å². The number of hydrogen-bond donors (Lipinski definition) is 1. The molecule has 1 N–H and O–H groups in total. The zero-order valence-electron chi connectivity index (χ0n) is 12.2. The Hall–Kier alpha value is -1.16. The van der Waals surface area contributed by atoms with E-state index in [1.807, 2.05) is 6.92 Å². The molecule has 1 aliphatic heterocycles. The Morgan fingerprint density at radius 3 is 2.95 bits per heavy atom. The third-order valence-electron chi connectivity index (χ3n) is 3.72. The largest absolute Gasteiger partial charge is 0.354 e. The predicted molar refractivity (Wildman–Crippen MR) is 76.8 cm³/mol. The van der Waals surface area contributed by atoms with Crippen LogP contribution in [0, 0.1) is 11.2 Å². The van der Waals surface area contributed by atoms with Crippen LogP contribution in [0.5, 0.6) is 0 Å². The zero-order valence-corrected chi connectivity index (χ0v) is 12.2. The van der Waals surface area contributed by atoms with Gasteiger partial charge in [-0.05, 0) is 30.9 Å². The summed E-state index contributed by atoms with van der Waals surface area (Å²) in [5.74, 6) is 0.351. The van der Waals surface area contributed by atoms with E-state index in [-0.39, 0.29) is 11.2 Å². The number of aromatic nitrogens is 1. The van der Waals surface area contributed by atoms with Crippen molar-refractivity contribution in [3.63, 3.8) is 0 Å². The molecule has 3 nitrogen and oxygen atoms in total. The van der Waals surface area contributed by atoms with Crippen molar-refractivity contribution in [1.82, 2.24) is 10.3 Å². The molecule has 1 aromatic heterocycles. The molecule has 1 aromatic rings. The summed E-state index contributed by atoms with van der Waals surface area (Å²) in [6.07, 6.45) is 4.01. The maximum absolute atomic E-state index is 14.5. The first-order valence-corrected chi connectivity index (χ1v) is 7.12. The van der Waals surface area contributed by atoms with Gasteiger partial charge in [-0.3, -0.25) is 0 Å². The summed E-state index contributed by atoms with van der Waals surface area (Å²) >= 11 is 0. The second-order valence-electron chi connectivity index (χ2n) is 6.08. The summed E-state index contributed by atoms with van der Waals surface area (Å²) < 4.78 is 14.5. The van der Waals surface area contributed by atoms with Gasteiger partial charge < -0.3 is 10.2 Å². The van der Waals surface area contributed by atoms with Gasteiger partial charge in [-0.25, -0.2) is 9.37 Å². The minimum atomic E-state index is -0.166. The van der Waals surface area contributed by atoms with E-state index in [1.54, 1.807) is 12.3 Å². The standard InChI is InChI=1S/C15H24FN3/c1-4-17-10-12-6-8-18-14(13(12)16)19-9-5-7-15(2,3)11-19/h6,8,17H,4-5,7,9-11H2,1-3H3. The molecule has 4 heteroatoms. The number of rotatable bonds is 4. The molecule has 0 bridgehead atoms. The number of nitrogens with one attached hydrogen (secondary N) is 1. The Morgan fingerprint density at radius 2 is 2.26 bits per heavy atom. The van der Waals surface area contributed by atoms with Crippen LogP contribution in [0.4, 0.5) is 10.2 Å². The first-order chi connectivity index (χ1) is 9.03. The van der Waals surface area contributed by atoms with E-state index in [1.165, 1.54) is 6.42 Å². The van der Waals surface area contributed by atoms with Gasteiger partial charge in [0.1, 0.15) is 0 Å². The van der Waals surface area contributed by atoms with Gasteiger partial charge in [-0.1, -0.05) is 20.8 Å². The van der Waals surface area contributed by atoms with Gasteiger partial charge in [0, 0.05) is 31.4 Å². The lowest BCUT2D eigenvalue weighted by Gasteiger charge is -2.38. The number of nitrogens with zero attached hydrogens (tertiary/aromatic N) is 2. The number of hydrogen-bond acceptors (Lipinski definition) is 3. The van der Waals surface area contributed by atoms with Crippen molar-refractivity contribution in [2.75, 3.05) is 24.5 Å². The summed E-state index contributed by atoms with van der Waals surface area (Å²) in [4.78, 5) is 6.35. The first kappa shape index (κ1) is 14.3. The van der Waals surface area contributed by atoms with Gasteiger partial charge >= 0.3 is 0 Å². The molecule has 106 valence electrons. The van der Waals surface area contributed by atoms with Crippen LogP contribution in [0.25, 0.3) is 0 Å². The van der Waals surface area contributed by atoms with Crippen molar-refractivity contribution >= 4 is 5.82 Å². The van der Waals surface area contributed by atoms with E-state index in [2.05, 4.69) is 29.0 Å². The molecular weight excluding hydrogens is 241 g/mol. The fourth-order valence-corrected chi connectivity index (χ4v) is 2.69. The van der Waals surface area contributed by atoms with Crippen LogP contribution >= 0.6 is 0 Å². The molecule has 0 atom stereocenters. The lowest BCUT2D eigenvalue weighted by atomic mass is 9.84. The molecule has 0 unspecified atom stereocenters. The average molecular weight is 265 g/mol. The summed E-state index contributed by atoms with van der Waals surface area (Å²) in [6.45, 7) is 9.68. The Bertz CT molecular complexity index is 431. The molecule has 0 aromatic carbocycles. The highest BCUT2D eigenvalue weighted by molar-refractivity contribution is 5.43. The number of halogens is 1. The van der Waals surface area contributed by atoms with Gasteiger partial charge in [0.2, 0.25) is 0 Å². The number of pyridine rings is 1. The van der Waals surface area contributed by atoms with E-state index in [0.29, 0.717) is 17.9 Å². The molecule has 1 saturated heterocycles. The van der Waals surface area contributed by atoms with Gasteiger partial charge in [-0.2, -0.15) is 0 Å². The van der Waals surface area contributed by atoms with E-state index < -0.39 is 0 Å². The Morgan fingerprint density at radius 1 is 1.47 bits per heavy atom. The Labute approximate surface area is 115 Å². The molecule has 2 heterocycles. The van der Waals surface area contributed by atoms with Crippen LogP contribution in [0.3, 0.4) is 0 Å². The second-order valence-corrected chi connectivity index (χ2v) is 6.08. The van der Waals surface area contributed by atoms with Crippen LogP contribution in [0.2, 0.25) is 0 Å². The van der Waals surface area contributed by atoms with E-state index >= 15 is 0 Å². The van der Waals surface area contributed by atoms with Crippen LogP contribution in [-0.4, -0.2) is 24.6 Å². The Kier molecular flexibility index (Phi) is 4.40. The van der Waals surface area contributed by atoms with E-state index in [4.69, 9.17) is 0 Å². The van der Waals surface area contributed by atoms with Crippen LogP contribution in [0.1, 0.15) is 39.2 Å². The van der Waals surface area contributed by atoms with E-state index in [9.17, 15) is 4.39 Å². The van der Waals surface area contributed by atoms with Crippen molar-refractivity contribution < 1.29 is 4.39 Å². The molecule has 0 radical (unpaired) electrons. The first-order valence-electron chi connectivity index (χ1n) is 7.12. The highest BCUT2D eigenvalue weighted by Crippen LogP contribution is 2.32. The van der Waals surface area contributed by atoms with Gasteiger partial charge in [-0.15, -0.1) is 0 Å². The minimum Gasteiger partial charge on any atom is -0.354 e. The fraction of sp³-hybridized carbons (Fsp3) is 0.667. The van der Waals surface area contributed by atoms with Crippen molar-refractivity contribution in [3.8, 4) is 0 Å². The lowest BCUT2D eigenvalue weighted by molar-refractivity contribution is 0.290. The maximum atomic E-state index is 14.5. The monoisotopic (exact) mass is 265 g/mol. The summed E-state index contributed by atoms with van der Waals surface area (Å²) in [5.41, 5.74) is 0.944. The smallest absolute Gasteiger partial charge is 0.170 e. The van der Waals surface area contributed by atoms with Crippen LogP contribution in [-0.2, 0) is 6.54 Å². The highest BCUT2D eigenvalue weighted by Gasteiger charge is 2.28. The number of piperidine rings is 1. The normalized spacial score (nSPS) is 18.6. The van der Waals surface area contributed by atoms with Gasteiger partial charge in [0.15, 0.2) is 11.6 Å². The van der Waals surface area contributed by atoms with Crippen molar-refractivity contribution in [2.24, 2.45) is 5.41 Å². The fourth-order valence-electron chi connectivity index (χ4n) is 2.69. The Balaban J connectivity index is 2.19. The zero-order chi connectivity index (χ0) is 13.9. The van der Waals surface area contributed by atoms with E-state index in [0.717, 1.165) is 26.1 Å². The molecule has 2 rings (SSSR count). The topological polar surface area (TPSA) is 28.2 Å². The quantitative estimate of drug-likeness (QED) is 0.907. The van der Waals surface area contributed by atoms with Gasteiger partial charge in [0.05, 0.1) is 0 Å². The SMILES string of the molecule is CCNCc1ccnc(N2CCCC(C)(C)C2)c1F. The summed E-state index contributed by atoms with van der Waals surface area (Å²) in [7, 11) is 0. The maximum Gasteiger partial charge on any atom is 0.170 e. The van der Waals surface area contributed by atoms with Crippen LogP contribution < -0.4 is 10.2 Å². The van der Waals surface area contributed by atoms with Crippen molar-refractivity contribution in [2.45, 2.75) is 40.2 Å². The molecule has 1 fully saturated rings. The average Bonchev–Trinajstić information content (AvgIpc) is 2.36. The second kappa shape index (κ2) is 5.87. The number of anilines is 1. The highest BCUT2D eigenvalue weighted by atomic mass is 19.1. The third-order valence-corrected chi connectivity index (χ3v) is 3.72. The lowest BCUT2D eigenvalue weighted by Crippen LogP contribution is -2.41.